The minimum Gasteiger partial charge on any atom is -0.770 e. The van der Waals surface area contributed by atoms with Crippen LogP contribution in [0.4, 0.5) is 0 Å². The summed E-state index contributed by atoms with van der Waals surface area (Å²) >= 11 is -2.09. The molecule has 0 aromatic carbocycles. The number of hydrogen-bond donors (Lipinski definition) is 1. The molecule has 1 rings (SSSR count). The molecule has 2 atom stereocenters. The molecule has 1 fully saturated rings. The van der Waals surface area contributed by atoms with Crippen LogP contribution in [0.1, 0.15) is 0 Å². The second-order valence-electron chi connectivity index (χ2n) is 1.76. The predicted molar refractivity (Wildman–Crippen MR) is 31.5 cm³/mol. The predicted octanol–water partition coefficient (Wildman–Crippen LogP) is -1.19. The highest BCUT2D eigenvalue weighted by Crippen LogP contribution is 1.97. The Kier molecular flexibility index (Phi) is 2.59. The maximum Gasteiger partial charge on any atom is 0.131 e. The van der Waals surface area contributed by atoms with Crippen LogP contribution in [0.5, 0.6) is 0 Å². The molecule has 0 aromatic heterocycles. The van der Waals surface area contributed by atoms with Crippen molar-refractivity contribution in [1.82, 2.24) is 5.32 Å². The van der Waals surface area contributed by atoms with E-state index in [9.17, 15) is 8.76 Å². The van der Waals surface area contributed by atoms with Gasteiger partial charge in [-0.3, -0.25) is 4.21 Å². The van der Waals surface area contributed by atoms with Gasteiger partial charge < -0.3 is 14.6 Å². The van der Waals surface area contributed by atoms with Gasteiger partial charge in [0, 0.05) is 13.1 Å². The largest absolute Gasteiger partial charge is 0.770 e. The Morgan fingerprint density at radius 1 is 1.78 bits per heavy atom. The fraction of sp³-hybridized carbons (Fsp3) is 1.00. The highest BCUT2D eigenvalue weighted by Gasteiger charge is 2.12. The normalized spacial score (nSPS) is 31.9. The maximum atomic E-state index is 10.2. The van der Waals surface area contributed by atoms with Crippen molar-refractivity contribution < 1.29 is 13.5 Å². The molecule has 1 N–H and O–H groups in total. The van der Waals surface area contributed by atoms with Gasteiger partial charge in [-0.15, -0.1) is 0 Å². The number of hydrogen-bond acceptors (Lipinski definition) is 4. The van der Waals surface area contributed by atoms with Gasteiger partial charge in [0.15, 0.2) is 0 Å². The van der Waals surface area contributed by atoms with E-state index in [2.05, 4.69) is 5.32 Å². The van der Waals surface area contributed by atoms with E-state index in [1.807, 2.05) is 0 Å². The van der Waals surface area contributed by atoms with Crippen LogP contribution in [0.15, 0.2) is 0 Å². The van der Waals surface area contributed by atoms with Crippen LogP contribution >= 0.6 is 0 Å². The summed E-state index contributed by atoms with van der Waals surface area (Å²) in [5.74, 6) is 0. The first-order valence-electron chi connectivity index (χ1n) is 2.71. The van der Waals surface area contributed by atoms with E-state index in [4.69, 9.17) is 4.74 Å². The summed E-state index contributed by atoms with van der Waals surface area (Å²) in [5, 5.41) is 2.90. The molecule has 1 aliphatic heterocycles. The van der Waals surface area contributed by atoms with Crippen molar-refractivity contribution >= 4 is 11.1 Å². The molecule has 54 valence electrons. The van der Waals surface area contributed by atoms with Gasteiger partial charge in [0.05, 0.1) is 6.61 Å². The van der Waals surface area contributed by atoms with Gasteiger partial charge in [0.2, 0.25) is 0 Å². The van der Waals surface area contributed by atoms with Crippen molar-refractivity contribution in [2.75, 3.05) is 19.7 Å². The third-order valence-electron chi connectivity index (χ3n) is 1.11. The number of rotatable bonds is 1. The number of ether oxygens (including phenoxy) is 1. The topological polar surface area (TPSA) is 61.4 Å². The van der Waals surface area contributed by atoms with Gasteiger partial charge in [0.25, 0.3) is 0 Å². The van der Waals surface area contributed by atoms with Gasteiger partial charge >= 0.3 is 0 Å². The van der Waals surface area contributed by atoms with E-state index in [-0.39, 0.29) is 0 Å². The fourth-order valence-electron chi connectivity index (χ4n) is 0.665. The quantitative estimate of drug-likeness (QED) is 0.477. The second-order valence-corrected chi connectivity index (χ2v) is 2.81. The molecular weight excluding hydrogens is 142 g/mol. The highest BCUT2D eigenvalue weighted by atomic mass is 32.2. The Morgan fingerprint density at radius 3 is 2.89 bits per heavy atom. The zero-order valence-electron chi connectivity index (χ0n) is 4.83. The summed E-state index contributed by atoms with van der Waals surface area (Å²) in [7, 11) is 0. The van der Waals surface area contributed by atoms with E-state index < -0.39 is 16.5 Å². The monoisotopic (exact) mass is 150 g/mol. The molecule has 0 radical (unpaired) electrons. The van der Waals surface area contributed by atoms with Crippen LogP contribution in [0, 0.1) is 0 Å². The lowest BCUT2D eigenvalue weighted by molar-refractivity contribution is 0.0771. The summed E-state index contributed by atoms with van der Waals surface area (Å²) in [6.07, 6.45) is 0. The van der Waals surface area contributed by atoms with Crippen LogP contribution in [-0.2, 0) is 15.8 Å². The molecule has 4 nitrogen and oxygen atoms in total. The van der Waals surface area contributed by atoms with Crippen molar-refractivity contribution in [3.05, 3.63) is 0 Å². The summed E-state index contributed by atoms with van der Waals surface area (Å²) < 4.78 is 25.2. The molecule has 0 saturated carbocycles. The second kappa shape index (κ2) is 3.26. The minimum absolute atomic E-state index is 0.413. The van der Waals surface area contributed by atoms with Gasteiger partial charge in [-0.2, -0.15) is 0 Å². The molecular formula is C4H8NO3S-. The summed E-state index contributed by atoms with van der Waals surface area (Å²) in [6, 6.07) is 0. The standard InChI is InChI=1S/C4H9NO3S/c6-9(7)4-3-5-1-2-8-4/h4-5H,1-3H2,(H,6,7)/p-1. The summed E-state index contributed by atoms with van der Waals surface area (Å²) in [4.78, 5) is 0. The van der Waals surface area contributed by atoms with Gasteiger partial charge in [-0.05, 0) is 11.1 Å². The van der Waals surface area contributed by atoms with Crippen LogP contribution < -0.4 is 5.32 Å². The molecule has 0 aromatic rings. The average molecular weight is 150 g/mol. The van der Waals surface area contributed by atoms with Crippen LogP contribution in [0.2, 0.25) is 0 Å². The molecule has 1 heterocycles. The molecule has 1 saturated heterocycles. The molecule has 1 aliphatic rings. The third-order valence-corrected chi connectivity index (χ3v) is 1.84. The maximum absolute atomic E-state index is 10.2. The van der Waals surface area contributed by atoms with Crippen molar-refractivity contribution in [3.63, 3.8) is 0 Å². The zero-order chi connectivity index (χ0) is 6.69. The Morgan fingerprint density at radius 2 is 2.56 bits per heavy atom. The number of morpholine rings is 1. The minimum atomic E-state index is -2.09. The van der Waals surface area contributed by atoms with E-state index in [1.165, 1.54) is 0 Å². The summed E-state index contributed by atoms with van der Waals surface area (Å²) in [5.41, 5.74) is -0.640. The van der Waals surface area contributed by atoms with E-state index >= 15 is 0 Å². The highest BCUT2D eigenvalue weighted by molar-refractivity contribution is 7.79. The molecule has 0 spiro atoms. The van der Waals surface area contributed by atoms with Gasteiger partial charge in [-0.1, -0.05) is 0 Å². The van der Waals surface area contributed by atoms with E-state index in [1.54, 1.807) is 0 Å². The van der Waals surface area contributed by atoms with Crippen molar-refractivity contribution in [2.45, 2.75) is 5.44 Å². The fourth-order valence-corrected chi connectivity index (χ4v) is 1.13. The molecule has 5 heteroatoms. The first-order valence-corrected chi connectivity index (χ1v) is 3.85. The molecule has 0 aliphatic carbocycles. The van der Waals surface area contributed by atoms with E-state index in [0.29, 0.717) is 13.2 Å². The van der Waals surface area contributed by atoms with Gasteiger partial charge in [-0.25, -0.2) is 0 Å². The Balaban J connectivity index is 2.31. The molecule has 2 unspecified atom stereocenters. The van der Waals surface area contributed by atoms with Crippen LogP contribution in [-0.4, -0.2) is 33.9 Å². The molecule has 9 heavy (non-hydrogen) atoms. The summed E-state index contributed by atoms with van der Waals surface area (Å²) in [6.45, 7) is 1.64. The molecule has 0 amide bonds. The van der Waals surface area contributed by atoms with Crippen molar-refractivity contribution in [1.29, 1.82) is 0 Å². The van der Waals surface area contributed by atoms with Crippen LogP contribution in [0.25, 0.3) is 0 Å². The van der Waals surface area contributed by atoms with Crippen LogP contribution in [0.3, 0.4) is 0 Å². The van der Waals surface area contributed by atoms with Gasteiger partial charge in [0.1, 0.15) is 5.44 Å². The lowest BCUT2D eigenvalue weighted by Crippen LogP contribution is -2.40. The lowest BCUT2D eigenvalue weighted by atomic mass is 10.5. The Bertz CT molecular complexity index is 112. The average Bonchev–Trinajstić information content (AvgIpc) is 1.90. The van der Waals surface area contributed by atoms with Crippen molar-refractivity contribution in [3.8, 4) is 0 Å². The number of nitrogens with one attached hydrogen (secondary N) is 1. The SMILES string of the molecule is O=S([O-])C1CNCCO1. The third kappa shape index (κ3) is 2.02. The Labute approximate surface area is 55.9 Å². The van der Waals surface area contributed by atoms with Crippen molar-refractivity contribution in [2.24, 2.45) is 0 Å². The Hall–Kier alpha value is 0.0300. The first-order chi connectivity index (χ1) is 4.30. The van der Waals surface area contributed by atoms with E-state index in [0.717, 1.165) is 6.54 Å². The smallest absolute Gasteiger partial charge is 0.131 e. The lowest BCUT2D eigenvalue weighted by Gasteiger charge is -2.24. The first kappa shape index (κ1) is 7.14. The zero-order valence-corrected chi connectivity index (χ0v) is 5.65. The molecule has 0 bridgehead atoms.